The van der Waals surface area contributed by atoms with Gasteiger partial charge < -0.3 is 36.1 Å². The lowest BCUT2D eigenvalue weighted by Gasteiger charge is -2.29. The topological polar surface area (TPSA) is 181 Å². The summed E-state index contributed by atoms with van der Waals surface area (Å²) < 4.78 is 109. The van der Waals surface area contributed by atoms with Crippen molar-refractivity contribution in [3.05, 3.63) is 100 Å². The molecule has 5 N–H and O–H groups in total. The van der Waals surface area contributed by atoms with Crippen molar-refractivity contribution in [2.75, 3.05) is 13.7 Å². The summed E-state index contributed by atoms with van der Waals surface area (Å²) in [5.41, 5.74) is -0.858. The molecule has 0 spiro atoms. The maximum atomic E-state index is 15.6. The Morgan fingerprint density at radius 2 is 1.32 bits per heavy atom. The molecular formula is C41H45ClF7N5O8. The summed E-state index contributed by atoms with van der Waals surface area (Å²) in [6.45, 7) is 5.19. The van der Waals surface area contributed by atoms with Crippen molar-refractivity contribution in [2.45, 2.75) is 89.3 Å². The molecule has 0 saturated carbocycles. The summed E-state index contributed by atoms with van der Waals surface area (Å²) in [7, 11) is 1.31. The third-order valence-corrected chi connectivity index (χ3v) is 8.92. The van der Waals surface area contributed by atoms with Crippen molar-refractivity contribution < 1.29 is 69.0 Å². The van der Waals surface area contributed by atoms with E-state index in [0.717, 1.165) is 17.4 Å². The highest BCUT2D eigenvalue weighted by Gasteiger charge is 2.52. The minimum atomic E-state index is -5.10. The van der Waals surface area contributed by atoms with Crippen LogP contribution in [0, 0.1) is 5.92 Å². The van der Waals surface area contributed by atoms with E-state index in [-0.39, 0.29) is 28.4 Å². The lowest BCUT2D eigenvalue weighted by Crippen LogP contribution is -2.59. The molecule has 0 aliphatic carbocycles. The Bertz CT molecular complexity index is 2080. The fraction of sp³-hybridized carbons (Fsp3) is 0.415. The van der Waals surface area contributed by atoms with Crippen LogP contribution in [-0.4, -0.2) is 78.9 Å². The normalized spacial score (nSPS) is 13.5. The van der Waals surface area contributed by atoms with Gasteiger partial charge in [-0.15, -0.1) is 0 Å². The van der Waals surface area contributed by atoms with Gasteiger partial charge in [0, 0.05) is 23.6 Å². The van der Waals surface area contributed by atoms with Crippen molar-refractivity contribution in [3.8, 4) is 5.75 Å². The molecule has 0 saturated heterocycles. The number of carbonyl (C=O) groups is 6. The quantitative estimate of drug-likeness (QED) is 0.0754. The van der Waals surface area contributed by atoms with Crippen LogP contribution in [0.25, 0.3) is 0 Å². The first-order valence-electron chi connectivity index (χ1n) is 18.7. The predicted octanol–water partition coefficient (Wildman–Crippen LogP) is 6.07. The average Bonchev–Trinajstić information content (AvgIpc) is 3.18. The maximum Gasteiger partial charge on any atom is 0.407 e. The van der Waals surface area contributed by atoms with Crippen LogP contribution in [0.3, 0.4) is 0 Å². The lowest BCUT2D eigenvalue weighted by molar-refractivity contribution is -0.165. The van der Waals surface area contributed by atoms with E-state index in [1.165, 1.54) is 81.6 Å². The van der Waals surface area contributed by atoms with Crippen LogP contribution >= 0.6 is 11.6 Å². The van der Waals surface area contributed by atoms with Gasteiger partial charge in [0.25, 0.3) is 11.8 Å². The Kier molecular flexibility index (Phi) is 16.9. The van der Waals surface area contributed by atoms with Crippen LogP contribution in [0.2, 0.25) is 5.02 Å². The van der Waals surface area contributed by atoms with Gasteiger partial charge >= 0.3 is 24.1 Å². The number of methoxy groups -OCH3 is 1. The monoisotopic (exact) mass is 903 g/mol. The summed E-state index contributed by atoms with van der Waals surface area (Å²) in [6, 6.07) is 9.29. The fourth-order valence-electron chi connectivity index (χ4n) is 5.50. The highest BCUT2D eigenvalue weighted by Crippen LogP contribution is 2.31. The van der Waals surface area contributed by atoms with Gasteiger partial charge in [0.05, 0.1) is 13.2 Å². The van der Waals surface area contributed by atoms with E-state index in [2.05, 4.69) is 10.6 Å². The molecule has 13 nitrogen and oxygen atoms in total. The van der Waals surface area contributed by atoms with Crippen LogP contribution in [0.1, 0.15) is 62.9 Å². The van der Waals surface area contributed by atoms with Crippen molar-refractivity contribution >= 4 is 47.1 Å². The first kappa shape index (κ1) is 50.4. The van der Waals surface area contributed by atoms with Gasteiger partial charge in [-0.3, -0.25) is 24.0 Å². The van der Waals surface area contributed by atoms with E-state index >= 15 is 17.6 Å². The first-order chi connectivity index (χ1) is 28.6. The van der Waals surface area contributed by atoms with Crippen molar-refractivity contribution in [1.29, 1.82) is 0 Å². The smallest absolute Gasteiger partial charge is 0.407 e. The number of amides is 5. The molecule has 5 amide bonds. The molecule has 21 heteroatoms. The molecule has 3 aromatic carbocycles. The average molecular weight is 904 g/mol. The van der Waals surface area contributed by atoms with Gasteiger partial charge in [-0.1, -0.05) is 74.0 Å². The zero-order valence-electron chi connectivity index (χ0n) is 34.1. The number of alkyl carbamates (subject to hydrolysis) is 1. The number of hydrogen-bond donors (Lipinski definition) is 5. The SMILES string of the molecule is COc1ccc(C(NC(=O)C(Cc2ccc(CNC(=O)OC(C)(C)C)cc2)NC(=O)C(F)(F)c2cccc(Cl)c2)C(=O)NC(C(=O)C(F)(F)C(=O)NCC(F)(F)F)C(C)C)cc1. The Morgan fingerprint density at radius 1 is 0.726 bits per heavy atom. The third-order valence-electron chi connectivity index (χ3n) is 8.68. The number of hydrogen-bond acceptors (Lipinski definition) is 8. The standard InChI is InChI=1S/C41H45ClF7N5O8/c1-22(2)30(32(55)41(48,49)35(58)51-21-39(43,44)45)53-34(57)31(25-14-16-28(61-6)17-15-25)54-33(56)29(52-36(59)40(46,47)26-8-7-9-27(42)19-26)18-23-10-12-24(13-11-23)20-50-37(60)62-38(3,4)5/h7-17,19,22,29-31H,18,20-21H2,1-6H3,(H,50,60)(H,51,58)(H,52,59)(H,53,57)(H,54,56). The van der Waals surface area contributed by atoms with E-state index in [4.69, 9.17) is 21.1 Å². The summed E-state index contributed by atoms with van der Waals surface area (Å²) in [5.74, 6) is -19.8. The Hall–Kier alpha value is -5.92. The maximum absolute atomic E-state index is 15.6. The van der Waals surface area contributed by atoms with Crippen molar-refractivity contribution in [1.82, 2.24) is 26.6 Å². The number of carbonyl (C=O) groups excluding carboxylic acids is 6. The van der Waals surface area contributed by atoms with Gasteiger partial charge in [0.15, 0.2) is 0 Å². The molecule has 3 rings (SSSR count). The number of rotatable bonds is 18. The van der Waals surface area contributed by atoms with E-state index < -0.39 is 102 Å². The van der Waals surface area contributed by atoms with Gasteiger partial charge in [0.1, 0.15) is 30.0 Å². The minimum absolute atomic E-state index is 0.00436. The second-order valence-electron chi connectivity index (χ2n) is 15.2. The molecule has 3 unspecified atom stereocenters. The van der Waals surface area contributed by atoms with E-state index in [1.807, 2.05) is 10.6 Å². The number of Topliss-reactive ketones (excluding diaryl/α,β-unsaturated/α-hetero) is 1. The number of ketones is 1. The molecule has 0 bridgehead atoms. The van der Waals surface area contributed by atoms with Crippen LogP contribution < -0.4 is 31.3 Å². The summed E-state index contributed by atoms with van der Waals surface area (Å²) >= 11 is 5.88. The molecule has 0 aliphatic heterocycles. The van der Waals surface area contributed by atoms with Gasteiger partial charge in [-0.25, -0.2) is 4.79 Å². The molecule has 62 heavy (non-hydrogen) atoms. The number of benzene rings is 3. The van der Waals surface area contributed by atoms with Crippen molar-refractivity contribution in [2.24, 2.45) is 5.92 Å². The van der Waals surface area contributed by atoms with Crippen LogP contribution in [-0.2, 0) is 47.6 Å². The number of halogens is 8. The van der Waals surface area contributed by atoms with Crippen molar-refractivity contribution in [3.63, 3.8) is 0 Å². The van der Waals surface area contributed by atoms with E-state index in [1.54, 1.807) is 20.8 Å². The van der Waals surface area contributed by atoms with Gasteiger partial charge in [-0.2, -0.15) is 30.7 Å². The summed E-state index contributed by atoms with van der Waals surface area (Å²) in [6.07, 6.45) is -6.30. The Balaban J connectivity index is 2.00. The van der Waals surface area contributed by atoms with Gasteiger partial charge in [-0.05, 0) is 67.6 Å². The number of ether oxygens (including phenoxy) is 2. The van der Waals surface area contributed by atoms with Gasteiger partial charge in [0.2, 0.25) is 17.6 Å². The third kappa shape index (κ3) is 14.6. The zero-order valence-corrected chi connectivity index (χ0v) is 34.9. The highest BCUT2D eigenvalue weighted by atomic mass is 35.5. The van der Waals surface area contributed by atoms with Crippen LogP contribution in [0.4, 0.5) is 35.5 Å². The molecular weight excluding hydrogens is 859 g/mol. The molecule has 3 atom stereocenters. The Morgan fingerprint density at radius 3 is 1.85 bits per heavy atom. The predicted molar refractivity (Wildman–Crippen MR) is 210 cm³/mol. The molecule has 3 aromatic rings. The number of nitrogens with one attached hydrogen (secondary N) is 5. The molecule has 0 heterocycles. The summed E-state index contributed by atoms with van der Waals surface area (Å²) in [4.78, 5) is 78.6. The zero-order chi connectivity index (χ0) is 46.8. The second-order valence-corrected chi connectivity index (χ2v) is 15.6. The highest BCUT2D eigenvalue weighted by molar-refractivity contribution is 6.30. The molecule has 0 radical (unpaired) electrons. The van der Waals surface area contributed by atoms with Crippen LogP contribution in [0.15, 0.2) is 72.8 Å². The van der Waals surface area contributed by atoms with Crippen LogP contribution in [0.5, 0.6) is 5.75 Å². The first-order valence-corrected chi connectivity index (χ1v) is 19.0. The molecule has 0 aliphatic rings. The van der Waals surface area contributed by atoms with E-state index in [0.29, 0.717) is 5.56 Å². The largest absolute Gasteiger partial charge is 0.497 e. The second kappa shape index (κ2) is 20.8. The minimum Gasteiger partial charge on any atom is -0.497 e. The van der Waals surface area contributed by atoms with E-state index in [9.17, 15) is 41.9 Å². The molecule has 0 aromatic heterocycles. The Labute approximate surface area is 356 Å². The molecule has 0 fully saturated rings. The molecule has 338 valence electrons. The lowest BCUT2D eigenvalue weighted by atomic mass is 9.94. The number of alkyl halides is 7. The summed E-state index contributed by atoms with van der Waals surface area (Å²) in [5, 5.41) is 9.70. The fourth-order valence-corrected chi connectivity index (χ4v) is 5.69.